The van der Waals surface area contributed by atoms with E-state index in [0.717, 1.165) is 38.9 Å². The standard InChI is InChI=1S/C17H26N4O2/c1-20(16(22)12-19-17(18)23)15-8-5-10-21(13-15)11-9-14-6-3-2-4-7-14/h2-4,6-7,15H,5,8-13H2,1H3,(H3,18,19,23)/t15-/m0/s1. The van der Waals surface area contributed by atoms with E-state index in [9.17, 15) is 9.59 Å². The smallest absolute Gasteiger partial charge is 0.312 e. The molecule has 1 heterocycles. The molecule has 1 fully saturated rings. The number of piperidine rings is 1. The molecule has 0 bridgehead atoms. The Morgan fingerprint density at radius 2 is 2.09 bits per heavy atom. The SMILES string of the molecule is CN(C(=O)CNC(N)=O)[C@H]1CCCN(CCc2ccccc2)C1. The highest BCUT2D eigenvalue weighted by Gasteiger charge is 2.25. The van der Waals surface area contributed by atoms with Crippen LogP contribution in [0, 0.1) is 0 Å². The number of primary amides is 1. The second-order valence-corrected chi connectivity index (χ2v) is 6.05. The van der Waals surface area contributed by atoms with Gasteiger partial charge in [-0.05, 0) is 31.4 Å². The third-order valence-corrected chi connectivity index (χ3v) is 4.40. The molecule has 2 rings (SSSR count). The zero-order chi connectivity index (χ0) is 16.7. The fourth-order valence-electron chi connectivity index (χ4n) is 2.97. The molecule has 1 saturated heterocycles. The van der Waals surface area contributed by atoms with E-state index in [1.165, 1.54) is 5.56 Å². The minimum atomic E-state index is -0.667. The Morgan fingerprint density at radius 1 is 1.35 bits per heavy atom. The van der Waals surface area contributed by atoms with E-state index in [1.54, 1.807) is 11.9 Å². The fraction of sp³-hybridized carbons (Fsp3) is 0.529. The van der Waals surface area contributed by atoms with Gasteiger partial charge in [0.2, 0.25) is 5.91 Å². The van der Waals surface area contributed by atoms with Gasteiger partial charge in [-0.3, -0.25) is 4.79 Å². The van der Waals surface area contributed by atoms with Gasteiger partial charge in [-0.2, -0.15) is 0 Å². The summed E-state index contributed by atoms with van der Waals surface area (Å²) in [7, 11) is 1.80. The van der Waals surface area contributed by atoms with Crippen LogP contribution in [0.15, 0.2) is 30.3 Å². The molecule has 1 aliphatic rings. The van der Waals surface area contributed by atoms with Crippen LogP contribution in [0.5, 0.6) is 0 Å². The van der Waals surface area contributed by atoms with Gasteiger partial charge in [-0.15, -0.1) is 0 Å². The lowest BCUT2D eigenvalue weighted by atomic mass is 10.0. The van der Waals surface area contributed by atoms with Crippen LogP contribution in [0.1, 0.15) is 18.4 Å². The average Bonchev–Trinajstić information content (AvgIpc) is 2.58. The van der Waals surface area contributed by atoms with Gasteiger partial charge >= 0.3 is 6.03 Å². The zero-order valence-electron chi connectivity index (χ0n) is 13.7. The molecular weight excluding hydrogens is 292 g/mol. The van der Waals surface area contributed by atoms with Crippen LogP contribution in [0.3, 0.4) is 0 Å². The molecule has 6 heteroatoms. The number of nitrogens with two attached hydrogens (primary N) is 1. The summed E-state index contributed by atoms with van der Waals surface area (Å²) in [5.41, 5.74) is 6.34. The highest BCUT2D eigenvalue weighted by Crippen LogP contribution is 2.15. The van der Waals surface area contributed by atoms with Gasteiger partial charge in [0.05, 0.1) is 6.54 Å². The third-order valence-electron chi connectivity index (χ3n) is 4.40. The summed E-state index contributed by atoms with van der Waals surface area (Å²) < 4.78 is 0. The molecule has 0 aliphatic carbocycles. The number of hydrogen-bond acceptors (Lipinski definition) is 3. The summed E-state index contributed by atoms with van der Waals surface area (Å²) in [6, 6.07) is 9.97. The minimum Gasteiger partial charge on any atom is -0.352 e. The van der Waals surface area contributed by atoms with Crippen LogP contribution < -0.4 is 11.1 Å². The number of rotatable bonds is 6. The summed E-state index contributed by atoms with van der Waals surface area (Å²) in [4.78, 5) is 26.9. The van der Waals surface area contributed by atoms with Crippen LogP contribution in [-0.4, -0.2) is 61.0 Å². The van der Waals surface area contributed by atoms with Gasteiger partial charge in [0, 0.05) is 26.2 Å². The number of hydrogen-bond donors (Lipinski definition) is 2. The first kappa shape index (κ1) is 17.3. The first-order valence-electron chi connectivity index (χ1n) is 8.11. The largest absolute Gasteiger partial charge is 0.352 e. The third kappa shape index (κ3) is 5.56. The first-order valence-corrected chi connectivity index (χ1v) is 8.11. The molecule has 23 heavy (non-hydrogen) atoms. The molecule has 3 N–H and O–H groups in total. The number of carbonyl (C=O) groups is 2. The van der Waals surface area contributed by atoms with E-state index in [0.29, 0.717) is 0 Å². The molecule has 6 nitrogen and oxygen atoms in total. The van der Waals surface area contributed by atoms with Crippen molar-refractivity contribution in [3.63, 3.8) is 0 Å². The van der Waals surface area contributed by atoms with Crippen molar-refractivity contribution in [2.45, 2.75) is 25.3 Å². The number of nitrogens with one attached hydrogen (secondary N) is 1. The summed E-state index contributed by atoms with van der Waals surface area (Å²) in [5.74, 6) is -0.0984. The summed E-state index contributed by atoms with van der Waals surface area (Å²) in [6.45, 7) is 2.92. The van der Waals surface area contributed by atoms with Crippen LogP contribution in [0.2, 0.25) is 0 Å². The maximum Gasteiger partial charge on any atom is 0.312 e. The second kappa shape index (κ2) is 8.53. The lowest BCUT2D eigenvalue weighted by molar-refractivity contribution is -0.131. The number of amides is 3. The van der Waals surface area contributed by atoms with Crippen molar-refractivity contribution in [2.75, 3.05) is 33.2 Å². The Morgan fingerprint density at radius 3 is 2.78 bits per heavy atom. The molecule has 3 amide bonds. The second-order valence-electron chi connectivity index (χ2n) is 6.05. The monoisotopic (exact) mass is 318 g/mol. The number of benzene rings is 1. The van der Waals surface area contributed by atoms with Crippen molar-refractivity contribution in [2.24, 2.45) is 5.73 Å². The lowest BCUT2D eigenvalue weighted by Gasteiger charge is -2.37. The van der Waals surface area contributed by atoms with Gasteiger partial charge in [-0.1, -0.05) is 30.3 Å². The molecule has 0 radical (unpaired) electrons. The van der Waals surface area contributed by atoms with Gasteiger partial charge < -0.3 is 20.9 Å². The minimum absolute atomic E-state index is 0.0354. The number of nitrogens with zero attached hydrogens (tertiary/aromatic N) is 2. The topological polar surface area (TPSA) is 78.7 Å². The Kier molecular flexibility index (Phi) is 6.40. The first-order chi connectivity index (χ1) is 11.1. The highest BCUT2D eigenvalue weighted by atomic mass is 16.2. The van der Waals surface area contributed by atoms with Crippen LogP contribution in [0.25, 0.3) is 0 Å². The van der Waals surface area contributed by atoms with Gasteiger partial charge in [0.25, 0.3) is 0 Å². The van der Waals surface area contributed by atoms with E-state index >= 15 is 0 Å². The van der Waals surface area contributed by atoms with Crippen molar-refractivity contribution in [1.29, 1.82) is 0 Å². The number of carbonyl (C=O) groups excluding carboxylic acids is 2. The van der Waals surface area contributed by atoms with Crippen molar-refractivity contribution < 1.29 is 9.59 Å². The quantitative estimate of drug-likeness (QED) is 0.815. The number of likely N-dealkylation sites (tertiary alicyclic amines) is 1. The van der Waals surface area contributed by atoms with E-state index in [2.05, 4.69) is 34.5 Å². The average molecular weight is 318 g/mol. The van der Waals surface area contributed by atoms with Gasteiger partial charge in [0.15, 0.2) is 0 Å². The van der Waals surface area contributed by atoms with Gasteiger partial charge in [0.1, 0.15) is 0 Å². The summed E-state index contributed by atoms with van der Waals surface area (Å²) in [5, 5.41) is 2.36. The lowest BCUT2D eigenvalue weighted by Crippen LogP contribution is -2.51. The number of urea groups is 1. The van der Waals surface area contributed by atoms with Crippen LogP contribution >= 0.6 is 0 Å². The predicted octanol–water partition coefficient (Wildman–Crippen LogP) is 0.820. The Bertz CT molecular complexity index is 521. The molecule has 0 saturated carbocycles. The molecular formula is C17H26N4O2. The fourth-order valence-corrected chi connectivity index (χ4v) is 2.97. The predicted molar refractivity (Wildman–Crippen MR) is 90.0 cm³/mol. The summed E-state index contributed by atoms with van der Waals surface area (Å²) >= 11 is 0. The molecule has 126 valence electrons. The van der Waals surface area contributed by atoms with Crippen molar-refractivity contribution in [3.05, 3.63) is 35.9 Å². The molecule has 1 atom stereocenters. The normalized spacial score (nSPS) is 18.4. The highest BCUT2D eigenvalue weighted by molar-refractivity contribution is 5.83. The van der Waals surface area contributed by atoms with E-state index in [1.807, 2.05) is 6.07 Å². The van der Waals surface area contributed by atoms with E-state index in [4.69, 9.17) is 5.73 Å². The van der Waals surface area contributed by atoms with Crippen molar-refractivity contribution in [1.82, 2.24) is 15.1 Å². The molecule has 1 aromatic carbocycles. The van der Waals surface area contributed by atoms with Crippen molar-refractivity contribution >= 4 is 11.9 Å². The Hall–Kier alpha value is -2.08. The maximum absolute atomic E-state index is 12.1. The van der Waals surface area contributed by atoms with Crippen LogP contribution in [0.4, 0.5) is 4.79 Å². The molecule has 1 aliphatic heterocycles. The molecule has 0 spiro atoms. The number of likely N-dealkylation sites (N-methyl/N-ethyl adjacent to an activating group) is 1. The van der Waals surface area contributed by atoms with Crippen molar-refractivity contribution in [3.8, 4) is 0 Å². The summed E-state index contributed by atoms with van der Waals surface area (Å²) in [6.07, 6.45) is 3.11. The molecule has 0 aromatic heterocycles. The van der Waals surface area contributed by atoms with Crippen LogP contribution in [-0.2, 0) is 11.2 Å². The Labute approximate surface area is 137 Å². The molecule has 1 aromatic rings. The maximum atomic E-state index is 12.1. The Balaban J connectivity index is 1.80. The zero-order valence-corrected chi connectivity index (χ0v) is 13.7. The van der Waals surface area contributed by atoms with Gasteiger partial charge in [-0.25, -0.2) is 4.79 Å². The molecule has 0 unspecified atom stereocenters. The van der Waals surface area contributed by atoms with E-state index < -0.39 is 6.03 Å². The van der Waals surface area contributed by atoms with E-state index in [-0.39, 0.29) is 18.5 Å².